The largest absolute Gasteiger partial charge is 0.391 e. The zero-order valence-electron chi connectivity index (χ0n) is 11.4. The van der Waals surface area contributed by atoms with Gasteiger partial charge >= 0.3 is 0 Å². The van der Waals surface area contributed by atoms with Crippen molar-refractivity contribution in [1.82, 2.24) is 9.03 Å². The standard InChI is InChI=1S/C12H26N2O3S/c1-3-9-14(10-4-2)18(16,17)13-11-7-5-6-8-12(11)15/h11-13,15H,3-10H2,1-2H3/t11-,12-/m1/s1. The maximum atomic E-state index is 12.2. The van der Waals surface area contributed by atoms with Gasteiger partial charge in [0.1, 0.15) is 0 Å². The van der Waals surface area contributed by atoms with Gasteiger partial charge in [-0.3, -0.25) is 0 Å². The Kier molecular flexibility index (Phi) is 6.55. The molecular weight excluding hydrogens is 252 g/mol. The van der Waals surface area contributed by atoms with Crippen LogP contribution in [0.5, 0.6) is 0 Å². The molecule has 0 radical (unpaired) electrons. The first kappa shape index (κ1) is 15.9. The minimum Gasteiger partial charge on any atom is -0.391 e. The Bertz CT molecular complexity index is 326. The van der Waals surface area contributed by atoms with E-state index >= 15 is 0 Å². The molecule has 0 saturated heterocycles. The summed E-state index contributed by atoms with van der Waals surface area (Å²) in [5.74, 6) is 0. The smallest absolute Gasteiger partial charge is 0.279 e. The summed E-state index contributed by atoms with van der Waals surface area (Å²) in [5.41, 5.74) is 0. The molecule has 1 fully saturated rings. The van der Waals surface area contributed by atoms with E-state index in [9.17, 15) is 13.5 Å². The molecule has 0 aromatic heterocycles. The van der Waals surface area contributed by atoms with Crippen LogP contribution in [0.25, 0.3) is 0 Å². The van der Waals surface area contributed by atoms with Crippen LogP contribution in [-0.4, -0.2) is 43.1 Å². The fourth-order valence-corrected chi connectivity index (χ4v) is 4.02. The van der Waals surface area contributed by atoms with Crippen molar-refractivity contribution in [2.24, 2.45) is 0 Å². The van der Waals surface area contributed by atoms with Crippen molar-refractivity contribution in [3.8, 4) is 0 Å². The monoisotopic (exact) mass is 278 g/mol. The first-order valence-electron chi connectivity index (χ1n) is 6.96. The molecule has 1 aliphatic carbocycles. The minimum atomic E-state index is -3.46. The molecule has 1 rings (SSSR count). The lowest BCUT2D eigenvalue weighted by atomic mass is 9.93. The number of aliphatic hydroxyl groups excluding tert-OH is 1. The Morgan fingerprint density at radius 3 is 2.22 bits per heavy atom. The molecule has 108 valence electrons. The summed E-state index contributed by atoms with van der Waals surface area (Å²) < 4.78 is 28.6. The third kappa shape index (κ3) is 4.50. The molecule has 18 heavy (non-hydrogen) atoms. The van der Waals surface area contributed by atoms with Gasteiger partial charge in [0.05, 0.1) is 6.10 Å². The van der Waals surface area contributed by atoms with Crippen LogP contribution in [0.2, 0.25) is 0 Å². The fraction of sp³-hybridized carbons (Fsp3) is 1.00. The van der Waals surface area contributed by atoms with E-state index in [-0.39, 0.29) is 6.04 Å². The highest BCUT2D eigenvalue weighted by atomic mass is 32.2. The Morgan fingerprint density at radius 2 is 1.72 bits per heavy atom. The molecule has 0 aromatic carbocycles. The summed E-state index contributed by atoms with van der Waals surface area (Å²) in [5, 5.41) is 9.83. The van der Waals surface area contributed by atoms with Gasteiger partial charge in [0, 0.05) is 19.1 Å². The Labute approximate surface area is 111 Å². The first-order valence-corrected chi connectivity index (χ1v) is 8.40. The van der Waals surface area contributed by atoms with Gasteiger partial charge < -0.3 is 5.11 Å². The van der Waals surface area contributed by atoms with Gasteiger partial charge in [0.2, 0.25) is 0 Å². The molecule has 0 spiro atoms. The zero-order valence-corrected chi connectivity index (χ0v) is 12.2. The third-order valence-electron chi connectivity index (χ3n) is 3.32. The van der Waals surface area contributed by atoms with E-state index in [1.807, 2.05) is 13.8 Å². The number of hydrogen-bond acceptors (Lipinski definition) is 3. The number of aliphatic hydroxyl groups is 1. The Balaban J connectivity index is 2.65. The van der Waals surface area contributed by atoms with Gasteiger partial charge in [-0.05, 0) is 25.7 Å². The molecule has 0 aliphatic heterocycles. The predicted molar refractivity (Wildman–Crippen MR) is 72.5 cm³/mol. The molecule has 0 heterocycles. The molecule has 6 heteroatoms. The van der Waals surface area contributed by atoms with Crippen molar-refractivity contribution >= 4 is 10.2 Å². The number of nitrogens with zero attached hydrogens (tertiary/aromatic N) is 1. The lowest BCUT2D eigenvalue weighted by molar-refractivity contribution is 0.100. The van der Waals surface area contributed by atoms with Gasteiger partial charge in [0.15, 0.2) is 0 Å². The van der Waals surface area contributed by atoms with E-state index in [2.05, 4.69) is 4.72 Å². The van der Waals surface area contributed by atoms with E-state index in [1.165, 1.54) is 4.31 Å². The summed E-state index contributed by atoms with van der Waals surface area (Å²) >= 11 is 0. The van der Waals surface area contributed by atoms with Crippen LogP contribution < -0.4 is 4.72 Å². The summed E-state index contributed by atoms with van der Waals surface area (Å²) in [6, 6.07) is -0.319. The van der Waals surface area contributed by atoms with E-state index in [0.717, 1.165) is 32.1 Å². The minimum absolute atomic E-state index is 0.319. The van der Waals surface area contributed by atoms with Crippen LogP contribution in [0.4, 0.5) is 0 Å². The lowest BCUT2D eigenvalue weighted by Gasteiger charge is -2.31. The maximum Gasteiger partial charge on any atom is 0.279 e. The highest BCUT2D eigenvalue weighted by molar-refractivity contribution is 7.87. The second kappa shape index (κ2) is 7.43. The van der Waals surface area contributed by atoms with E-state index < -0.39 is 16.3 Å². The topological polar surface area (TPSA) is 69.6 Å². The van der Waals surface area contributed by atoms with Gasteiger partial charge in [-0.15, -0.1) is 0 Å². The molecule has 1 aliphatic rings. The second-order valence-corrected chi connectivity index (χ2v) is 6.68. The molecule has 0 bridgehead atoms. The van der Waals surface area contributed by atoms with Gasteiger partial charge in [-0.25, -0.2) is 0 Å². The summed E-state index contributed by atoms with van der Waals surface area (Å²) in [4.78, 5) is 0. The van der Waals surface area contributed by atoms with Crippen LogP contribution in [0, 0.1) is 0 Å². The van der Waals surface area contributed by atoms with E-state index in [1.54, 1.807) is 0 Å². The lowest BCUT2D eigenvalue weighted by Crippen LogP contribution is -2.51. The van der Waals surface area contributed by atoms with Crippen molar-refractivity contribution in [3.05, 3.63) is 0 Å². The molecule has 2 atom stereocenters. The molecular formula is C12H26N2O3S. The van der Waals surface area contributed by atoms with E-state index in [4.69, 9.17) is 0 Å². The highest BCUT2D eigenvalue weighted by Gasteiger charge is 2.29. The van der Waals surface area contributed by atoms with Crippen molar-refractivity contribution in [2.75, 3.05) is 13.1 Å². The van der Waals surface area contributed by atoms with Crippen molar-refractivity contribution < 1.29 is 13.5 Å². The van der Waals surface area contributed by atoms with Gasteiger partial charge in [-0.2, -0.15) is 17.4 Å². The fourth-order valence-electron chi connectivity index (χ4n) is 2.37. The molecule has 0 amide bonds. The van der Waals surface area contributed by atoms with E-state index in [0.29, 0.717) is 19.5 Å². The van der Waals surface area contributed by atoms with Crippen LogP contribution >= 0.6 is 0 Å². The van der Waals surface area contributed by atoms with Gasteiger partial charge in [0.25, 0.3) is 10.2 Å². The van der Waals surface area contributed by atoms with Crippen molar-refractivity contribution in [1.29, 1.82) is 0 Å². The molecule has 0 aromatic rings. The number of hydrogen-bond donors (Lipinski definition) is 2. The summed E-state index contributed by atoms with van der Waals surface area (Å²) in [7, 11) is -3.46. The predicted octanol–water partition coefficient (Wildman–Crippen LogP) is 1.25. The van der Waals surface area contributed by atoms with Crippen molar-refractivity contribution in [3.63, 3.8) is 0 Å². The Hall–Kier alpha value is -0.170. The summed E-state index contributed by atoms with van der Waals surface area (Å²) in [6.45, 7) is 5.00. The molecule has 0 unspecified atom stereocenters. The average Bonchev–Trinajstić information content (AvgIpc) is 2.32. The van der Waals surface area contributed by atoms with Crippen molar-refractivity contribution in [2.45, 2.75) is 64.5 Å². The maximum absolute atomic E-state index is 12.2. The van der Waals surface area contributed by atoms with Crippen LogP contribution in [0.1, 0.15) is 52.4 Å². The summed E-state index contributed by atoms with van der Waals surface area (Å²) in [6.07, 6.45) is 4.43. The molecule has 5 nitrogen and oxygen atoms in total. The first-order chi connectivity index (χ1) is 8.51. The van der Waals surface area contributed by atoms with Crippen LogP contribution in [0.15, 0.2) is 0 Å². The van der Waals surface area contributed by atoms with Gasteiger partial charge in [-0.1, -0.05) is 26.7 Å². The normalized spacial score (nSPS) is 25.6. The molecule has 1 saturated carbocycles. The average molecular weight is 278 g/mol. The number of nitrogens with one attached hydrogen (secondary N) is 1. The quantitative estimate of drug-likeness (QED) is 0.736. The zero-order chi connectivity index (χ0) is 13.6. The Morgan fingerprint density at radius 1 is 1.17 bits per heavy atom. The second-order valence-electron chi connectivity index (χ2n) is 4.98. The third-order valence-corrected chi connectivity index (χ3v) is 4.96. The van der Waals surface area contributed by atoms with Crippen LogP contribution in [0.3, 0.4) is 0 Å². The molecule has 2 N–H and O–H groups in total. The number of rotatable bonds is 7. The van der Waals surface area contributed by atoms with Crippen LogP contribution in [-0.2, 0) is 10.2 Å². The highest BCUT2D eigenvalue weighted by Crippen LogP contribution is 2.19. The SMILES string of the molecule is CCCN(CCC)S(=O)(=O)N[C@@H]1CCCC[C@H]1O.